The summed E-state index contributed by atoms with van der Waals surface area (Å²) in [5.74, 6) is -0.170. The lowest BCUT2D eigenvalue weighted by molar-refractivity contribution is 0.529. The molecule has 0 amide bonds. The van der Waals surface area contributed by atoms with Gasteiger partial charge in [0.1, 0.15) is 5.82 Å². The van der Waals surface area contributed by atoms with Crippen LogP contribution in [0.25, 0.3) is 0 Å². The molecule has 0 fully saturated rings. The number of aryl methyl sites for hydroxylation is 1. The van der Waals surface area contributed by atoms with Crippen molar-refractivity contribution in [3.63, 3.8) is 0 Å². The van der Waals surface area contributed by atoms with Crippen molar-refractivity contribution in [1.82, 2.24) is 5.32 Å². The summed E-state index contributed by atoms with van der Waals surface area (Å²) in [6.45, 7) is 4.94. The molecule has 2 rings (SSSR count). The first kappa shape index (κ1) is 14.7. The second kappa shape index (κ2) is 6.64. The minimum Gasteiger partial charge on any atom is -0.305 e. The Morgan fingerprint density at radius 3 is 2.84 bits per heavy atom. The third kappa shape index (κ3) is 3.65. The Morgan fingerprint density at radius 2 is 2.16 bits per heavy atom. The lowest BCUT2D eigenvalue weighted by atomic mass is 10.1. The van der Waals surface area contributed by atoms with Gasteiger partial charge in [-0.25, -0.2) is 4.39 Å². The molecule has 0 bridgehead atoms. The van der Waals surface area contributed by atoms with Crippen LogP contribution in [0, 0.1) is 5.82 Å². The van der Waals surface area contributed by atoms with E-state index in [4.69, 9.17) is 0 Å². The molecule has 0 radical (unpaired) electrons. The summed E-state index contributed by atoms with van der Waals surface area (Å²) in [4.78, 5) is 1.34. The number of hydrogen-bond acceptors (Lipinski definition) is 2. The summed E-state index contributed by atoms with van der Waals surface area (Å²) >= 11 is 5.03. The van der Waals surface area contributed by atoms with Gasteiger partial charge in [-0.15, -0.1) is 11.3 Å². The molecule has 1 atom stereocenters. The van der Waals surface area contributed by atoms with Crippen LogP contribution in [-0.4, -0.2) is 0 Å². The van der Waals surface area contributed by atoms with Crippen LogP contribution in [0.3, 0.4) is 0 Å². The van der Waals surface area contributed by atoms with Gasteiger partial charge in [-0.05, 0) is 42.5 Å². The minimum absolute atomic E-state index is 0.0000869. The van der Waals surface area contributed by atoms with Gasteiger partial charge in [0, 0.05) is 27.5 Å². The molecular formula is C15H17BrFNS. The normalized spacial score (nSPS) is 12.6. The van der Waals surface area contributed by atoms with Gasteiger partial charge in [0.25, 0.3) is 0 Å². The van der Waals surface area contributed by atoms with E-state index >= 15 is 0 Å². The maximum absolute atomic E-state index is 13.8. The van der Waals surface area contributed by atoms with Crippen LogP contribution in [0.2, 0.25) is 0 Å². The topological polar surface area (TPSA) is 12.0 Å². The van der Waals surface area contributed by atoms with Gasteiger partial charge in [0.05, 0.1) is 0 Å². The van der Waals surface area contributed by atoms with Crippen molar-refractivity contribution < 1.29 is 4.39 Å². The van der Waals surface area contributed by atoms with Gasteiger partial charge in [0.2, 0.25) is 0 Å². The van der Waals surface area contributed by atoms with Crippen LogP contribution in [0.15, 0.2) is 34.1 Å². The van der Waals surface area contributed by atoms with Gasteiger partial charge < -0.3 is 5.32 Å². The van der Waals surface area contributed by atoms with E-state index in [1.165, 1.54) is 16.5 Å². The SMILES string of the molecule is CCc1ccsc1CNC(C)c1ccc(Br)cc1F. The van der Waals surface area contributed by atoms with Crippen molar-refractivity contribution in [2.24, 2.45) is 0 Å². The third-order valence-electron chi connectivity index (χ3n) is 3.22. The van der Waals surface area contributed by atoms with Gasteiger partial charge >= 0.3 is 0 Å². The summed E-state index contributed by atoms with van der Waals surface area (Å²) in [6.07, 6.45) is 1.04. The van der Waals surface area contributed by atoms with E-state index in [-0.39, 0.29) is 11.9 Å². The van der Waals surface area contributed by atoms with E-state index in [1.54, 1.807) is 11.3 Å². The fourth-order valence-electron chi connectivity index (χ4n) is 2.05. The Balaban J connectivity index is 2.03. The molecular weight excluding hydrogens is 325 g/mol. The molecule has 0 saturated heterocycles. The van der Waals surface area contributed by atoms with E-state index in [2.05, 4.69) is 39.6 Å². The molecule has 2 aromatic rings. The molecule has 1 aromatic carbocycles. The Bertz CT molecular complexity index is 553. The van der Waals surface area contributed by atoms with Gasteiger partial charge in [-0.3, -0.25) is 0 Å². The molecule has 0 saturated carbocycles. The number of thiophene rings is 1. The van der Waals surface area contributed by atoms with Crippen molar-refractivity contribution in [3.05, 3.63) is 55.9 Å². The van der Waals surface area contributed by atoms with Crippen LogP contribution >= 0.6 is 27.3 Å². The zero-order valence-electron chi connectivity index (χ0n) is 11.0. The molecule has 0 aliphatic rings. The Morgan fingerprint density at radius 1 is 1.37 bits per heavy atom. The first-order valence-electron chi connectivity index (χ1n) is 6.35. The monoisotopic (exact) mass is 341 g/mol. The molecule has 0 aliphatic heterocycles. The highest BCUT2D eigenvalue weighted by atomic mass is 79.9. The molecule has 1 unspecified atom stereocenters. The third-order valence-corrected chi connectivity index (χ3v) is 4.67. The molecule has 1 N–H and O–H groups in total. The van der Waals surface area contributed by atoms with Crippen molar-refractivity contribution in [2.45, 2.75) is 32.9 Å². The number of rotatable bonds is 5. The lowest BCUT2D eigenvalue weighted by Gasteiger charge is -2.15. The van der Waals surface area contributed by atoms with Crippen LogP contribution in [0.5, 0.6) is 0 Å². The highest BCUT2D eigenvalue weighted by molar-refractivity contribution is 9.10. The first-order chi connectivity index (χ1) is 9.11. The average Bonchev–Trinajstić information content (AvgIpc) is 2.83. The second-order valence-electron chi connectivity index (χ2n) is 4.49. The zero-order chi connectivity index (χ0) is 13.8. The number of hydrogen-bond donors (Lipinski definition) is 1. The number of benzene rings is 1. The molecule has 19 heavy (non-hydrogen) atoms. The van der Waals surface area contributed by atoms with E-state index < -0.39 is 0 Å². The van der Waals surface area contributed by atoms with Crippen LogP contribution in [0.4, 0.5) is 4.39 Å². The first-order valence-corrected chi connectivity index (χ1v) is 8.02. The molecule has 1 heterocycles. The summed E-state index contributed by atoms with van der Waals surface area (Å²) in [5.41, 5.74) is 2.08. The van der Waals surface area contributed by atoms with Gasteiger partial charge in [-0.2, -0.15) is 0 Å². The summed E-state index contributed by atoms with van der Waals surface area (Å²) < 4.78 is 14.6. The van der Waals surface area contributed by atoms with Crippen molar-refractivity contribution in [2.75, 3.05) is 0 Å². The highest BCUT2D eigenvalue weighted by Gasteiger charge is 2.11. The van der Waals surface area contributed by atoms with E-state index in [1.807, 2.05) is 19.1 Å². The Kier molecular flexibility index (Phi) is 5.13. The van der Waals surface area contributed by atoms with Crippen molar-refractivity contribution >= 4 is 27.3 Å². The van der Waals surface area contributed by atoms with Crippen LogP contribution in [-0.2, 0) is 13.0 Å². The molecule has 0 aliphatic carbocycles. The predicted octanol–water partition coefficient (Wildman–Crippen LogP) is 5.06. The summed E-state index contributed by atoms with van der Waals surface area (Å²) in [6, 6.07) is 7.37. The molecule has 1 nitrogen and oxygen atoms in total. The molecule has 102 valence electrons. The van der Waals surface area contributed by atoms with Gasteiger partial charge in [-0.1, -0.05) is 28.9 Å². The van der Waals surface area contributed by atoms with E-state index in [9.17, 15) is 4.39 Å². The number of nitrogens with one attached hydrogen (secondary N) is 1. The van der Waals surface area contributed by atoms with Crippen LogP contribution in [0.1, 0.15) is 35.9 Å². The molecule has 1 aromatic heterocycles. The largest absolute Gasteiger partial charge is 0.305 e. The van der Waals surface area contributed by atoms with Crippen molar-refractivity contribution in [3.8, 4) is 0 Å². The zero-order valence-corrected chi connectivity index (χ0v) is 13.4. The number of halogens is 2. The molecule has 4 heteroatoms. The quantitative estimate of drug-likeness (QED) is 0.801. The van der Waals surface area contributed by atoms with Gasteiger partial charge in [0.15, 0.2) is 0 Å². The average molecular weight is 342 g/mol. The lowest BCUT2D eigenvalue weighted by Crippen LogP contribution is -2.19. The van der Waals surface area contributed by atoms with E-state index in [0.29, 0.717) is 5.56 Å². The standard InChI is InChI=1S/C15H17BrFNS/c1-3-11-6-7-19-15(11)9-18-10(2)13-5-4-12(16)8-14(13)17/h4-8,10,18H,3,9H2,1-2H3. The maximum Gasteiger partial charge on any atom is 0.129 e. The molecule has 0 spiro atoms. The highest BCUT2D eigenvalue weighted by Crippen LogP contribution is 2.23. The van der Waals surface area contributed by atoms with E-state index in [0.717, 1.165) is 17.4 Å². The smallest absolute Gasteiger partial charge is 0.129 e. The maximum atomic E-state index is 13.8. The second-order valence-corrected chi connectivity index (χ2v) is 6.41. The predicted molar refractivity (Wildman–Crippen MR) is 83.1 cm³/mol. The summed E-state index contributed by atoms with van der Waals surface area (Å²) in [7, 11) is 0. The Labute approximate surface area is 126 Å². The minimum atomic E-state index is -0.170. The Hall–Kier alpha value is -0.710. The fraction of sp³-hybridized carbons (Fsp3) is 0.333. The summed E-state index contributed by atoms with van der Waals surface area (Å²) in [5, 5.41) is 5.50. The van der Waals surface area contributed by atoms with Crippen LogP contribution < -0.4 is 5.32 Å². The fourth-order valence-corrected chi connectivity index (χ4v) is 3.31. The van der Waals surface area contributed by atoms with Crippen molar-refractivity contribution in [1.29, 1.82) is 0 Å².